The lowest BCUT2D eigenvalue weighted by Crippen LogP contribution is -2.38. The topological polar surface area (TPSA) is 29.9 Å². The fourth-order valence-electron chi connectivity index (χ4n) is 3.72. The summed E-state index contributed by atoms with van der Waals surface area (Å²) in [5, 5.41) is 8.35. The number of nitrogens with zero attached hydrogens (tertiary/aromatic N) is 2. The summed E-state index contributed by atoms with van der Waals surface area (Å²) in [6.07, 6.45) is 11.3. The number of nitrogens with one attached hydrogen (secondary N) is 1. The molecule has 0 aromatic carbocycles. The van der Waals surface area contributed by atoms with Gasteiger partial charge in [0, 0.05) is 24.7 Å². The summed E-state index contributed by atoms with van der Waals surface area (Å²) in [4.78, 5) is 0. The highest BCUT2D eigenvalue weighted by Gasteiger charge is 2.27. The number of rotatable bonds is 7. The Kier molecular flexibility index (Phi) is 6.28. The van der Waals surface area contributed by atoms with Gasteiger partial charge in [-0.25, -0.2) is 0 Å². The van der Waals surface area contributed by atoms with Crippen molar-refractivity contribution in [1.29, 1.82) is 0 Å². The highest BCUT2D eigenvalue weighted by atomic mass is 15.3. The van der Waals surface area contributed by atoms with Gasteiger partial charge in [0.25, 0.3) is 0 Å². The van der Waals surface area contributed by atoms with E-state index in [2.05, 4.69) is 50.1 Å². The second kappa shape index (κ2) is 7.98. The highest BCUT2D eigenvalue weighted by Crippen LogP contribution is 2.33. The monoisotopic (exact) mass is 291 g/mol. The van der Waals surface area contributed by atoms with Crippen LogP contribution in [0.2, 0.25) is 0 Å². The molecule has 0 saturated heterocycles. The van der Waals surface area contributed by atoms with Crippen molar-refractivity contribution in [2.45, 2.75) is 77.8 Å². The molecule has 21 heavy (non-hydrogen) atoms. The molecule has 1 N–H and O–H groups in total. The van der Waals surface area contributed by atoms with E-state index in [0.29, 0.717) is 12.1 Å². The van der Waals surface area contributed by atoms with Gasteiger partial charge in [-0.15, -0.1) is 0 Å². The molecule has 3 heteroatoms. The third-order valence-corrected chi connectivity index (χ3v) is 5.48. The van der Waals surface area contributed by atoms with E-state index in [0.717, 1.165) is 24.7 Å². The summed E-state index contributed by atoms with van der Waals surface area (Å²) in [6, 6.07) is 3.29. The molecular weight excluding hydrogens is 258 g/mol. The first-order valence-corrected chi connectivity index (χ1v) is 8.89. The first-order chi connectivity index (χ1) is 10.2. The number of hydrogen-bond acceptors (Lipinski definition) is 2. The van der Waals surface area contributed by atoms with Crippen LogP contribution in [0.1, 0.15) is 71.0 Å². The lowest BCUT2D eigenvalue weighted by molar-refractivity contribution is 0.212. The van der Waals surface area contributed by atoms with E-state index >= 15 is 0 Å². The molecule has 4 atom stereocenters. The minimum absolute atomic E-state index is 0.505. The molecule has 0 aliphatic heterocycles. The molecule has 1 aromatic rings. The summed E-state index contributed by atoms with van der Waals surface area (Å²) < 4.78 is 2.12. The Morgan fingerprint density at radius 1 is 1.38 bits per heavy atom. The largest absolute Gasteiger partial charge is 0.316 e. The second-order valence-electron chi connectivity index (χ2n) is 6.84. The van der Waals surface area contributed by atoms with E-state index in [-0.39, 0.29) is 0 Å². The smallest absolute Gasteiger partial charge is 0.0640 e. The molecule has 1 aliphatic carbocycles. The van der Waals surface area contributed by atoms with Gasteiger partial charge in [-0.2, -0.15) is 5.10 Å². The van der Waals surface area contributed by atoms with Crippen LogP contribution in [-0.2, 0) is 6.42 Å². The minimum Gasteiger partial charge on any atom is -0.316 e. The summed E-state index contributed by atoms with van der Waals surface area (Å²) in [6.45, 7) is 6.80. The van der Waals surface area contributed by atoms with E-state index in [4.69, 9.17) is 5.10 Å². The standard InChI is InChI=1S/C18H33N3/c1-5-14(3)21-11-10-17(20-21)13-18(19-4)16-9-7-8-15(6-2)12-16/h10-11,14-16,18-19H,5-9,12-13H2,1-4H3. The average Bonchev–Trinajstić information content (AvgIpc) is 3.00. The minimum atomic E-state index is 0.505. The number of hydrogen-bond donors (Lipinski definition) is 1. The van der Waals surface area contributed by atoms with Gasteiger partial charge in [-0.1, -0.05) is 33.1 Å². The quantitative estimate of drug-likeness (QED) is 0.816. The van der Waals surface area contributed by atoms with Gasteiger partial charge < -0.3 is 5.32 Å². The molecule has 1 aromatic heterocycles. The Labute approximate surface area is 130 Å². The number of likely N-dealkylation sites (N-methyl/N-ethyl adjacent to an activating group) is 1. The Hall–Kier alpha value is -0.830. The van der Waals surface area contributed by atoms with Crippen LogP contribution >= 0.6 is 0 Å². The van der Waals surface area contributed by atoms with Crippen molar-refractivity contribution >= 4 is 0 Å². The third-order valence-electron chi connectivity index (χ3n) is 5.48. The van der Waals surface area contributed by atoms with Gasteiger partial charge in [-0.3, -0.25) is 4.68 Å². The van der Waals surface area contributed by atoms with Gasteiger partial charge in [0.15, 0.2) is 0 Å². The molecule has 3 nitrogen and oxygen atoms in total. The van der Waals surface area contributed by atoms with Crippen LogP contribution in [0.5, 0.6) is 0 Å². The first kappa shape index (κ1) is 16.5. The van der Waals surface area contributed by atoms with Crippen LogP contribution in [0.15, 0.2) is 12.3 Å². The van der Waals surface area contributed by atoms with E-state index in [1.54, 1.807) is 0 Å². The van der Waals surface area contributed by atoms with Gasteiger partial charge in [0.05, 0.1) is 5.69 Å². The summed E-state index contributed by atoms with van der Waals surface area (Å²) in [5.41, 5.74) is 1.24. The molecule has 1 fully saturated rings. The maximum atomic E-state index is 4.78. The van der Waals surface area contributed by atoms with Crippen molar-refractivity contribution < 1.29 is 0 Å². The number of aromatic nitrogens is 2. The Balaban J connectivity index is 1.96. The summed E-state index contributed by atoms with van der Waals surface area (Å²) in [7, 11) is 2.12. The second-order valence-corrected chi connectivity index (χ2v) is 6.84. The average molecular weight is 291 g/mol. The van der Waals surface area contributed by atoms with Crippen LogP contribution in [0, 0.1) is 11.8 Å². The predicted octanol–water partition coefficient (Wildman–Crippen LogP) is 4.20. The molecule has 4 unspecified atom stereocenters. The van der Waals surface area contributed by atoms with E-state index in [1.807, 2.05) is 0 Å². The first-order valence-electron chi connectivity index (χ1n) is 8.89. The maximum absolute atomic E-state index is 4.78. The van der Waals surface area contributed by atoms with Gasteiger partial charge >= 0.3 is 0 Å². The van der Waals surface area contributed by atoms with Crippen molar-refractivity contribution in [2.24, 2.45) is 11.8 Å². The van der Waals surface area contributed by atoms with Crippen molar-refractivity contribution in [3.05, 3.63) is 18.0 Å². The summed E-state index contributed by atoms with van der Waals surface area (Å²) in [5.74, 6) is 1.76. The molecule has 0 radical (unpaired) electrons. The molecular formula is C18H33N3. The predicted molar refractivity (Wildman–Crippen MR) is 89.5 cm³/mol. The molecule has 0 amide bonds. The molecule has 1 saturated carbocycles. The zero-order valence-corrected chi connectivity index (χ0v) is 14.3. The molecule has 1 aliphatic rings. The van der Waals surface area contributed by atoms with E-state index in [9.17, 15) is 0 Å². The highest BCUT2D eigenvalue weighted by molar-refractivity contribution is 5.03. The van der Waals surface area contributed by atoms with Crippen molar-refractivity contribution in [1.82, 2.24) is 15.1 Å². The van der Waals surface area contributed by atoms with E-state index < -0.39 is 0 Å². The molecule has 0 bridgehead atoms. The fraction of sp³-hybridized carbons (Fsp3) is 0.833. The summed E-state index contributed by atoms with van der Waals surface area (Å²) >= 11 is 0. The lowest BCUT2D eigenvalue weighted by Gasteiger charge is -2.34. The maximum Gasteiger partial charge on any atom is 0.0640 e. The third kappa shape index (κ3) is 4.32. The Morgan fingerprint density at radius 3 is 2.86 bits per heavy atom. The lowest BCUT2D eigenvalue weighted by atomic mass is 9.76. The van der Waals surface area contributed by atoms with E-state index in [1.165, 1.54) is 37.8 Å². The van der Waals surface area contributed by atoms with Crippen molar-refractivity contribution in [3.8, 4) is 0 Å². The van der Waals surface area contributed by atoms with Crippen LogP contribution in [0.3, 0.4) is 0 Å². The van der Waals surface area contributed by atoms with Gasteiger partial charge in [0.2, 0.25) is 0 Å². The van der Waals surface area contributed by atoms with Gasteiger partial charge in [-0.05, 0) is 51.1 Å². The Morgan fingerprint density at radius 2 is 2.19 bits per heavy atom. The molecule has 2 rings (SSSR count). The van der Waals surface area contributed by atoms with Gasteiger partial charge in [0.1, 0.15) is 0 Å². The molecule has 120 valence electrons. The molecule has 0 spiro atoms. The molecule has 1 heterocycles. The Bertz CT molecular complexity index is 412. The van der Waals surface area contributed by atoms with Crippen LogP contribution in [-0.4, -0.2) is 22.9 Å². The zero-order valence-electron chi connectivity index (χ0n) is 14.3. The van der Waals surface area contributed by atoms with Crippen molar-refractivity contribution in [2.75, 3.05) is 7.05 Å². The van der Waals surface area contributed by atoms with Crippen LogP contribution in [0.25, 0.3) is 0 Å². The van der Waals surface area contributed by atoms with Crippen LogP contribution in [0.4, 0.5) is 0 Å². The normalized spacial score (nSPS) is 25.7. The zero-order chi connectivity index (χ0) is 15.2. The fourth-order valence-corrected chi connectivity index (χ4v) is 3.72. The SMILES string of the molecule is CCC1CCCC(C(Cc2ccn(C(C)CC)n2)NC)C1. The van der Waals surface area contributed by atoms with Crippen LogP contribution < -0.4 is 5.32 Å². The van der Waals surface area contributed by atoms with Crippen molar-refractivity contribution in [3.63, 3.8) is 0 Å².